The minimum absolute atomic E-state index is 0.195. The Labute approximate surface area is 139 Å². The van der Waals surface area contributed by atoms with E-state index in [4.69, 9.17) is 0 Å². The Bertz CT molecular complexity index is 688. The molecule has 0 spiro atoms. The van der Waals surface area contributed by atoms with Crippen molar-refractivity contribution in [1.82, 2.24) is 9.21 Å². The maximum absolute atomic E-state index is 12.5. The second kappa shape index (κ2) is 5.87. The molecule has 1 aromatic carbocycles. The van der Waals surface area contributed by atoms with Crippen LogP contribution in [-0.2, 0) is 16.4 Å². The fourth-order valence-corrected chi connectivity index (χ4v) is 6.27. The standard InChI is InChI=1S/C18H26N2O2S/c1-2-23(21,22)20-10-5-7-15-13-19-11-9-14-6-3-4-8-16(14)18(19)12-17(15)20/h3-4,6,8,15,17-18H,2,5,7,9-13H2,1H3/t15-,17+,18-/m1/s1. The highest BCUT2D eigenvalue weighted by Crippen LogP contribution is 2.43. The summed E-state index contributed by atoms with van der Waals surface area (Å²) in [6, 6.07) is 9.31. The van der Waals surface area contributed by atoms with Crippen molar-refractivity contribution in [3.8, 4) is 0 Å². The molecule has 3 heterocycles. The van der Waals surface area contributed by atoms with Crippen molar-refractivity contribution >= 4 is 10.0 Å². The third-order valence-corrected chi connectivity index (χ3v) is 7.94. The second-order valence-corrected chi connectivity index (χ2v) is 9.39. The van der Waals surface area contributed by atoms with Gasteiger partial charge in [0.05, 0.1) is 5.75 Å². The number of hydrogen-bond acceptors (Lipinski definition) is 3. The number of rotatable bonds is 2. The molecule has 23 heavy (non-hydrogen) atoms. The normalized spacial score (nSPS) is 32.0. The second-order valence-electron chi connectivity index (χ2n) is 7.18. The average molecular weight is 334 g/mol. The highest BCUT2D eigenvalue weighted by molar-refractivity contribution is 7.89. The van der Waals surface area contributed by atoms with Crippen molar-refractivity contribution in [2.45, 2.75) is 44.7 Å². The molecule has 3 aliphatic heterocycles. The topological polar surface area (TPSA) is 40.6 Å². The molecule has 5 heteroatoms. The Hall–Kier alpha value is -0.910. The number of hydrogen-bond donors (Lipinski definition) is 0. The first-order valence-corrected chi connectivity index (χ1v) is 10.5. The van der Waals surface area contributed by atoms with Gasteiger partial charge in [0.1, 0.15) is 0 Å². The van der Waals surface area contributed by atoms with Crippen LogP contribution in [0.3, 0.4) is 0 Å². The van der Waals surface area contributed by atoms with Gasteiger partial charge in [-0.3, -0.25) is 4.90 Å². The van der Waals surface area contributed by atoms with Crippen LogP contribution in [0.1, 0.15) is 43.4 Å². The molecular formula is C18H26N2O2S. The summed E-state index contributed by atoms with van der Waals surface area (Å²) in [5, 5.41) is 0. The van der Waals surface area contributed by atoms with E-state index in [0.717, 1.165) is 32.4 Å². The molecule has 0 N–H and O–H groups in total. The van der Waals surface area contributed by atoms with Gasteiger partial charge < -0.3 is 0 Å². The van der Waals surface area contributed by atoms with Crippen LogP contribution in [0.5, 0.6) is 0 Å². The molecular weight excluding hydrogens is 308 g/mol. The van der Waals surface area contributed by atoms with E-state index in [1.807, 2.05) is 4.31 Å². The maximum Gasteiger partial charge on any atom is 0.214 e. The lowest BCUT2D eigenvalue weighted by atomic mass is 9.77. The average Bonchev–Trinajstić information content (AvgIpc) is 2.59. The molecule has 0 aliphatic carbocycles. The third kappa shape index (κ3) is 2.63. The number of sulfonamides is 1. The largest absolute Gasteiger partial charge is 0.296 e. The first-order valence-electron chi connectivity index (χ1n) is 8.91. The van der Waals surface area contributed by atoms with Crippen molar-refractivity contribution in [3.63, 3.8) is 0 Å². The maximum atomic E-state index is 12.5. The fraction of sp³-hybridized carbons (Fsp3) is 0.667. The highest BCUT2D eigenvalue weighted by Gasteiger charge is 2.45. The van der Waals surface area contributed by atoms with Crippen molar-refractivity contribution in [1.29, 1.82) is 0 Å². The Morgan fingerprint density at radius 2 is 2.04 bits per heavy atom. The molecule has 3 aliphatic rings. The molecule has 0 amide bonds. The van der Waals surface area contributed by atoms with Crippen molar-refractivity contribution < 1.29 is 8.42 Å². The number of fused-ring (bicyclic) bond motifs is 4. The van der Waals surface area contributed by atoms with Crippen molar-refractivity contribution in [2.75, 3.05) is 25.4 Å². The summed E-state index contributed by atoms with van der Waals surface area (Å²) in [5.41, 5.74) is 2.88. The van der Waals surface area contributed by atoms with Gasteiger partial charge in [-0.2, -0.15) is 4.31 Å². The van der Waals surface area contributed by atoms with E-state index < -0.39 is 10.0 Å². The summed E-state index contributed by atoms with van der Waals surface area (Å²) >= 11 is 0. The molecule has 0 radical (unpaired) electrons. The number of piperidine rings is 2. The van der Waals surface area contributed by atoms with Crippen LogP contribution in [0.4, 0.5) is 0 Å². The summed E-state index contributed by atoms with van der Waals surface area (Å²) in [6.07, 6.45) is 4.27. The number of benzene rings is 1. The molecule has 4 nitrogen and oxygen atoms in total. The monoisotopic (exact) mass is 334 g/mol. The fourth-order valence-electron chi connectivity index (χ4n) is 4.86. The zero-order valence-electron chi connectivity index (χ0n) is 13.8. The smallest absolute Gasteiger partial charge is 0.214 e. The van der Waals surface area contributed by atoms with Crippen LogP contribution in [-0.4, -0.2) is 49.1 Å². The molecule has 0 saturated carbocycles. The van der Waals surface area contributed by atoms with Gasteiger partial charge >= 0.3 is 0 Å². The van der Waals surface area contributed by atoms with Gasteiger partial charge in [-0.25, -0.2) is 8.42 Å². The van der Waals surface area contributed by atoms with Crippen molar-refractivity contribution in [2.24, 2.45) is 5.92 Å². The Balaban J connectivity index is 1.66. The Kier molecular flexibility index (Phi) is 3.98. The molecule has 126 valence electrons. The van der Waals surface area contributed by atoms with Crippen LogP contribution in [0.2, 0.25) is 0 Å². The summed E-state index contributed by atoms with van der Waals surface area (Å²) in [6.45, 7) is 4.65. The van der Waals surface area contributed by atoms with E-state index in [1.54, 1.807) is 6.92 Å². The molecule has 2 saturated heterocycles. The van der Waals surface area contributed by atoms with E-state index in [-0.39, 0.29) is 11.8 Å². The van der Waals surface area contributed by atoms with Gasteiger partial charge in [0, 0.05) is 31.7 Å². The summed E-state index contributed by atoms with van der Waals surface area (Å²) in [5.74, 6) is 0.730. The minimum atomic E-state index is -3.09. The van der Waals surface area contributed by atoms with Crippen LogP contribution in [0.15, 0.2) is 24.3 Å². The Morgan fingerprint density at radius 1 is 1.22 bits per heavy atom. The molecule has 0 bridgehead atoms. The van der Waals surface area contributed by atoms with E-state index >= 15 is 0 Å². The molecule has 3 atom stereocenters. The molecule has 2 fully saturated rings. The van der Waals surface area contributed by atoms with E-state index in [0.29, 0.717) is 18.5 Å². The summed E-state index contributed by atoms with van der Waals surface area (Å²) < 4.78 is 26.9. The van der Waals surface area contributed by atoms with Gasteiger partial charge in [0.25, 0.3) is 0 Å². The zero-order chi connectivity index (χ0) is 16.0. The predicted molar refractivity (Wildman–Crippen MR) is 91.8 cm³/mol. The quantitative estimate of drug-likeness (QED) is 0.834. The molecule has 0 unspecified atom stereocenters. The lowest BCUT2D eigenvalue weighted by Crippen LogP contribution is -2.57. The van der Waals surface area contributed by atoms with Crippen LogP contribution in [0.25, 0.3) is 0 Å². The third-order valence-electron chi connectivity index (χ3n) is 6.05. The predicted octanol–water partition coefficient (Wildman–Crippen LogP) is 2.42. The van der Waals surface area contributed by atoms with Gasteiger partial charge in [-0.15, -0.1) is 0 Å². The Morgan fingerprint density at radius 3 is 2.87 bits per heavy atom. The van der Waals surface area contributed by atoms with Crippen LogP contribution in [0, 0.1) is 5.92 Å². The van der Waals surface area contributed by atoms with Gasteiger partial charge in [0.15, 0.2) is 0 Å². The first-order chi connectivity index (χ1) is 11.1. The van der Waals surface area contributed by atoms with E-state index in [9.17, 15) is 8.42 Å². The van der Waals surface area contributed by atoms with E-state index in [1.165, 1.54) is 17.5 Å². The van der Waals surface area contributed by atoms with Crippen LogP contribution < -0.4 is 0 Å². The molecule has 4 rings (SSSR count). The van der Waals surface area contributed by atoms with Gasteiger partial charge in [-0.1, -0.05) is 24.3 Å². The SMILES string of the molecule is CCS(=O)(=O)N1CCC[C@@H]2CN3CCc4ccccc4[C@H]3C[C@@H]21. The minimum Gasteiger partial charge on any atom is -0.296 e. The molecule has 0 aromatic heterocycles. The summed E-state index contributed by atoms with van der Waals surface area (Å²) in [7, 11) is -3.09. The lowest BCUT2D eigenvalue weighted by Gasteiger charge is -2.51. The van der Waals surface area contributed by atoms with Crippen LogP contribution >= 0.6 is 0 Å². The lowest BCUT2D eigenvalue weighted by molar-refractivity contribution is 0.0220. The van der Waals surface area contributed by atoms with E-state index in [2.05, 4.69) is 29.2 Å². The molecule has 1 aromatic rings. The highest BCUT2D eigenvalue weighted by atomic mass is 32.2. The summed E-state index contributed by atoms with van der Waals surface area (Å²) in [4.78, 5) is 2.60. The zero-order valence-corrected chi connectivity index (χ0v) is 14.6. The van der Waals surface area contributed by atoms with Crippen molar-refractivity contribution in [3.05, 3.63) is 35.4 Å². The number of nitrogens with zero attached hydrogens (tertiary/aromatic N) is 2. The van der Waals surface area contributed by atoms with Gasteiger partial charge in [0.2, 0.25) is 10.0 Å². The van der Waals surface area contributed by atoms with Gasteiger partial charge in [-0.05, 0) is 49.7 Å². The first kappa shape index (κ1) is 15.6.